The van der Waals surface area contributed by atoms with Crippen LogP contribution in [-0.2, 0) is 9.53 Å². The van der Waals surface area contributed by atoms with Crippen LogP contribution < -0.4 is 5.32 Å². The number of ether oxygens (including phenoxy) is 1. The molecule has 1 radical (unpaired) electrons. The van der Waals surface area contributed by atoms with Gasteiger partial charge in [0.05, 0.1) is 6.10 Å². The van der Waals surface area contributed by atoms with Crippen molar-refractivity contribution in [2.75, 3.05) is 6.54 Å². The second kappa shape index (κ2) is 3.72. The summed E-state index contributed by atoms with van der Waals surface area (Å²) < 4.78 is 5.00. The fourth-order valence-corrected chi connectivity index (χ4v) is 1.13. The number of rotatable bonds is 2. The van der Waals surface area contributed by atoms with E-state index in [9.17, 15) is 4.79 Å². The molecule has 1 saturated heterocycles. The Balaban J connectivity index is 2.28. The van der Waals surface area contributed by atoms with Crippen LogP contribution in [0.5, 0.6) is 0 Å². The highest BCUT2D eigenvalue weighted by Crippen LogP contribution is 2.09. The summed E-state index contributed by atoms with van der Waals surface area (Å²) in [5.74, 6) is -0.155. The highest BCUT2D eigenvalue weighted by atomic mass is 16.5. The molecule has 1 unspecified atom stereocenters. The first kappa shape index (κ1) is 8.53. The molecule has 3 nitrogen and oxygen atoms in total. The fraction of sp³-hybridized carbons (Fsp3) is 0.875. The Morgan fingerprint density at radius 1 is 1.64 bits per heavy atom. The average Bonchev–Trinajstić information content (AvgIpc) is 2.35. The highest BCUT2D eigenvalue weighted by molar-refractivity contribution is 5.76. The van der Waals surface area contributed by atoms with E-state index in [1.165, 1.54) is 0 Å². The molecule has 1 aliphatic heterocycles. The summed E-state index contributed by atoms with van der Waals surface area (Å²) in [6.07, 6.45) is 1.88. The third-order valence-electron chi connectivity index (χ3n) is 1.61. The van der Waals surface area contributed by atoms with Gasteiger partial charge in [-0.2, -0.15) is 0 Å². The van der Waals surface area contributed by atoms with Crippen molar-refractivity contribution in [3.8, 4) is 0 Å². The first-order valence-corrected chi connectivity index (χ1v) is 4.07. The Morgan fingerprint density at radius 3 is 2.82 bits per heavy atom. The van der Waals surface area contributed by atoms with E-state index in [-0.39, 0.29) is 18.1 Å². The lowest BCUT2D eigenvalue weighted by atomic mass is 10.2. The Bertz CT molecular complexity index is 139. The summed E-state index contributed by atoms with van der Waals surface area (Å²) in [4.78, 5) is 11.1. The normalized spacial score (nSPS) is 24.1. The maximum absolute atomic E-state index is 11.1. The predicted octanol–water partition coefficient (Wildman–Crippen LogP) is 0.705. The molecule has 0 aromatic carbocycles. The van der Waals surface area contributed by atoms with Crippen molar-refractivity contribution in [3.05, 3.63) is 0 Å². The molecule has 1 rings (SSSR count). The van der Waals surface area contributed by atoms with Gasteiger partial charge in [0.1, 0.15) is 6.04 Å². The van der Waals surface area contributed by atoms with Crippen LogP contribution in [0.3, 0.4) is 0 Å². The lowest BCUT2D eigenvalue weighted by Gasteiger charge is -2.11. The zero-order valence-corrected chi connectivity index (χ0v) is 7.04. The van der Waals surface area contributed by atoms with Gasteiger partial charge in [-0.1, -0.05) is 0 Å². The number of esters is 1. The Kier molecular flexibility index (Phi) is 2.88. The van der Waals surface area contributed by atoms with Gasteiger partial charge in [0.25, 0.3) is 0 Å². The van der Waals surface area contributed by atoms with Crippen LogP contribution in [0.1, 0.15) is 26.7 Å². The third-order valence-corrected chi connectivity index (χ3v) is 1.61. The third kappa shape index (κ3) is 2.50. The summed E-state index contributed by atoms with van der Waals surface area (Å²) in [6, 6.07) is -0.169. The molecule has 1 aliphatic rings. The van der Waals surface area contributed by atoms with Gasteiger partial charge < -0.3 is 4.74 Å². The van der Waals surface area contributed by atoms with Gasteiger partial charge in [0.15, 0.2) is 0 Å². The zero-order valence-electron chi connectivity index (χ0n) is 7.04. The molecule has 0 bridgehead atoms. The van der Waals surface area contributed by atoms with E-state index in [0.29, 0.717) is 0 Å². The fourth-order valence-electron chi connectivity index (χ4n) is 1.13. The van der Waals surface area contributed by atoms with E-state index in [2.05, 4.69) is 5.32 Å². The van der Waals surface area contributed by atoms with Crippen molar-refractivity contribution in [1.82, 2.24) is 5.32 Å². The lowest BCUT2D eigenvalue weighted by Crippen LogP contribution is -2.29. The molecule has 0 aliphatic carbocycles. The van der Waals surface area contributed by atoms with E-state index in [0.717, 1.165) is 19.4 Å². The van der Waals surface area contributed by atoms with Gasteiger partial charge in [-0.25, -0.2) is 5.32 Å². The molecule has 0 aromatic rings. The van der Waals surface area contributed by atoms with Crippen molar-refractivity contribution in [3.63, 3.8) is 0 Å². The molecule has 11 heavy (non-hydrogen) atoms. The standard InChI is InChI=1S/C8H14NO2/c1-6(2)11-8(10)7-4-3-5-9-7/h6-7H,3-5H2,1-2H3. The number of nitrogens with zero attached hydrogens (tertiary/aromatic N) is 1. The minimum absolute atomic E-state index is 0.0155. The molecular weight excluding hydrogens is 142 g/mol. The first-order valence-electron chi connectivity index (χ1n) is 4.07. The van der Waals surface area contributed by atoms with Gasteiger partial charge in [-0.15, -0.1) is 0 Å². The Hall–Kier alpha value is -0.570. The second-order valence-electron chi connectivity index (χ2n) is 3.05. The van der Waals surface area contributed by atoms with Crippen molar-refractivity contribution < 1.29 is 9.53 Å². The van der Waals surface area contributed by atoms with Crippen LogP contribution in [0, 0.1) is 0 Å². The van der Waals surface area contributed by atoms with Crippen LogP contribution in [0.25, 0.3) is 0 Å². The molecule has 63 valence electrons. The van der Waals surface area contributed by atoms with E-state index in [1.54, 1.807) is 0 Å². The zero-order chi connectivity index (χ0) is 8.27. The van der Waals surface area contributed by atoms with Gasteiger partial charge in [0.2, 0.25) is 0 Å². The van der Waals surface area contributed by atoms with Gasteiger partial charge >= 0.3 is 5.97 Å². The molecular formula is C8H14NO2. The van der Waals surface area contributed by atoms with E-state index in [4.69, 9.17) is 4.74 Å². The van der Waals surface area contributed by atoms with Crippen molar-refractivity contribution in [2.45, 2.75) is 38.8 Å². The molecule has 1 fully saturated rings. The van der Waals surface area contributed by atoms with Gasteiger partial charge in [0, 0.05) is 6.54 Å². The van der Waals surface area contributed by atoms with Crippen LogP contribution in [-0.4, -0.2) is 24.7 Å². The van der Waals surface area contributed by atoms with Crippen LogP contribution >= 0.6 is 0 Å². The van der Waals surface area contributed by atoms with Crippen LogP contribution in [0.2, 0.25) is 0 Å². The van der Waals surface area contributed by atoms with E-state index in [1.807, 2.05) is 13.8 Å². The second-order valence-corrected chi connectivity index (χ2v) is 3.05. The minimum atomic E-state index is -0.169. The van der Waals surface area contributed by atoms with Crippen molar-refractivity contribution in [1.29, 1.82) is 0 Å². The average molecular weight is 156 g/mol. The van der Waals surface area contributed by atoms with Crippen molar-refractivity contribution >= 4 is 5.97 Å². The summed E-state index contributed by atoms with van der Waals surface area (Å²) in [7, 11) is 0. The van der Waals surface area contributed by atoms with E-state index < -0.39 is 0 Å². The smallest absolute Gasteiger partial charge is 0.325 e. The summed E-state index contributed by atoms with van der Waals surface area (Å²) >= 11 is 0. The number of hydrogen-bond donors (Lipinski definition) is 0. The highest BCUT2D eigenvalue weighted by Gasteiger charge is 2.25. The largest absolute Gasteiger partial charge is 0.462 e. The molecule has 0 amide bonds. The predicted molar refractivity (Wildman–Crippen MR) is 41.3 cm³/mol. The summed E-state index contributed by atoms with van der Waals surface area (Å²) in [5, 5.41) is 4.11. The number of carbonyl (C=O) groups is 1. The topological polar surface area (TPSA) is 40.4 Å². The Labute approximate surface area is 67.1 Å². The number of hydrogen-bond acceptors (Lipinski definition) is 2. The van der Waals surface area contributed by atoms with Crippen LogP contribution in [0.15, 0.2) is 0 Å². The molecule has 3 heteroatoms. The molecule has 1 heterocycles. The first-order chi connectivity index (χ1) is 5.20. The molecule has 0 aromatic heterocycles. The quantitative estimate of drug-likeness (QED) is 0.552. The van der Waals surface area contributed by atoms with Gasteiger partial charge in [-0.05, 0) is 26.7 Å². The maximum atomic E-state index is 11.1. The van der Waals surface area contributed by atoms with Gasteiger partial charge in [-0.3, -0.25) is 4.79 Å². The molecule has 0 N–H and O–H groups in total. The minimum Gasteiger partial charge on any atom is -0.462 e. The van der Waals surface area contributed by atoms with Crippen molar-refractivity contribution in [2.24, 2.45) is 0 Å². The summed E-state index contributed by atoms with van der Waals surface area (Å²) in [5.41, 5.74) is 0. The molecule has 1 atom stereocenters. The lowest BCUT2D eigenvalue weighted by molar-refractivity contribution is -0.149. The van der Waals surface area contributed by atoms with E-state index >= 15 is 0 Å². The van der Waals surface area contributed by atoms with Crippen LogP contribution in [0.4, 0.5) is 0 Å². The summed E-state index contributed by atoms with van der Waals surface area (Å²) in [6.45, 7) is 4.53. The monoisotopic (exact) mass is 156 g/mol. The molecule has 0 saturated carbocycles. The Morgan fingerprint density at radius 2 is 2.36 bits per heavy atom. The number of carbonyl (C=O) groups excluding carboxylic acids is 1. The maximum Gasteiger partial charge on any atom is 0.325 e. The SMILES string of the molecule is CC(C)OC(=O)C1CCC[N]1. The molecule has 0 spiro atoms.